The van der Waals surface area contributed by atoms with Gasteiger partial charge in [-0.25, -0.2) is 9.97 Å². The Labute approximate surface area is 184 Å². The molecule has 0 saturated heterocycles. The van der Waals surface area contributed by atoms with Crippen LogP contribution in [0.1, 0.15) is 25.0 Å². The minimum absolute atomic E-state index is 0.0150. The van der Waals surface area contributed by atoms with Crippen LogP contribution in [0.25, 0.3) is 21.3 Å². The van der Waals surface area contributed by atoms with Crippen LogP contribution in [0.5, 0.6) is 0 Å². The van der Waals surface area contributed by atoms with Crippen LogP contribution in [0.2, 0.25) is 0 Å². The van der Waals surface area contributed by atoms with E-state index in [4.69, 9.17) is 0 Å². The molecule has 4 nitrogen and oxygen atoms in total. The number of amides is 1. The smallest absolute Gasteiger partial charge is 0.234 e. The molecule has 0 saturated carbocycles. The number of hydrogen-bond acceptors (Lipinski definition) is 5. The van der Waals surface area contributed by atoms with Crippen LogP contribution in [0.4, 0.5) is 5.69 Å². The molecule has 2 aromatic carbocycles. The number of nitrogens with one attached hydrogen (secondary N) is 1. The number of para-hydroxylation sites is 1. The molecule has 0 aliphatic rings. The first-order valence-corrected chi connectivity index (χ1v) is 11.9. The molecule has 4 rings (SSSR count). The average Bonchev–Trinajstić information content (AvgIpc) is 3.23. The zero-order chi connectivity index (χ0) is 20.9. The molecule has 0 spiro atoms. The average molecular weight is 434 g/mol. The standard InChI is InChI=1S/C24H23N3OS2/c1-3-16-11-8-12-17(4-2)22(16)27-20(28)14-30-24-21-19(18-9-6-5-7-10-18)13-29-23(21)25-15-26-24/h5-13,15H,3-4,14H2,1-2H3,(H,27,28). The summed E-state index contributed by atoms with van der Waals surface area (Å²) in [6.45, 7) is 4.22. The van der Waals surface area contributed by atoms with Crippen LogP contribution in [0.3, 0.4) is 0 Å². The van der Waals surface area contributed by atoms with E-state index in [-0.39, 0.29) is 5.91 Å². The first kappa shape index (κ1) is 20.6. The molecule has 0 aliphatic carbocycles. The molecule has 2 heterocycles. The number of fused-ring (bicyclic) bond motifs is 1. The van der Waals surface area contributed by atoms with Gasteiger partial charge in [0.25, 0.3) is 0 Å². The van der Waals surface area contributed by atoms with Gasteiger partial charge >= 0.3 is 0 Å². The van der Waals surface area contributed by atoms with Crippen LogP contribution < -0.4 is 5.32 Å². The molecule has 0 fully saturated rings. The summed E-state index contributed by atoms with van der Waals surface area (Å²) in [5, 5.41) is 7.12. The zero-order valence-corrected chi connectivity index (χ0v) is 18.6. The third kappa shape index (κ3) is 4.25. The number of nitrogens with zero attached hydrogens (tertiary/aromatic N) is 2. The van der Waals surface area contributed by atoms with Crippen molar-refractivity contribution >= 4 is 44.9 Å². The summed E-state index contributed by atoms with van der Waals surface area (Å²) < 4.78 is 0. The van der Waals surface area contributed by atoms with Crippen LogP contribution in [-0.4, -0.2) is 21.6 Å². The molecular formula is C24H23N3OS2. The number of thioether (sulfide) groups is 1. The molecule has 4 aromatic rings. The number of benzene rings is 2. The van der Waals surface area contributed by atoms with Crippen LogP contribution in [0.15, 0.2) is 65.3 Å². The minimum Gasteiger partial charge on any atom is -0.325 e. The van der Waals surface area contributed by atoms with Gasteiger partial charge in [0.2, 0.25) is 5.91 Å². The first-order chi connectivity index (χ1) is 14.7. The largest absolute Gasteiger partial charge is 0.325 e. The number of thiophene rings is 1. The van der Waals surface area contributed by atoms with Gasteiger partial charge in [-0.05, 0) is 29.5 Å². The number of carbonyl (C=O) groups excluding carboxylic acids is 1. The maximum absolute atomic E-state index is 12.8. The summed E-state index contributed by atoms with van der Waals surface area (Å²) in [5.74, 6) is 0.288. The summed E-state index contributed by atoms with van der Waals surface area (Å²) in [6.07, 6.45) is 3.35. The van der Waals surface area contributed by atoms with E-state index in [1.807, 2.05) is 18.2 Å². The fourth-order valence-electron chi connectivity index (χ4n) is 3.50. The zero-order valence-electron chi connectivity index (χ0n) is 17.0. The maximum atomic E-state index is 12.8. The molecule has 152 valence electrons. The third-order valence-electron chi connectivity index (χ3n) is 5.02. The van der Waals surface area contributed by atoms with Crippen LogP contribution in [-0.2, 0) is 17.6 Å². The monoisotopic (exact) mass is 433 g/mol. The molecule has 2 aromatic heterocycles. The highest BCUT2D eigenvalue weighted by molar-refractivity contribution is 8.00. The molecule has 0 unspecified atom stereocenters. The van der Waals surface area contributed by atoms with Gasteiger partial charge in [-0.1, -0.05) is 74.1 Å². The first-order valence-electron chi connectivity index (χ1n) is 10.0. The lowest BCUT2D eigenvalue weighted by Crippen LogP contribution is -2.16. The third-order valence-corrected chi connectivity index (χ3v) is 6.90. The Morgan fingerprint density at radius 1 is 1.00 bits per heavy atom. The van der Waals surface area contributed by atoms with Gasteiger partial charge in [-0.3, -0.25) is 4.79 Å². The van der Waals surface area contributed by atoms with Crippen molar-refractivity contribution in [2.45, 2.75) is 31.7 Å². The quantitative estimate of drug-likeness (QED) is 0.278. The van der Waals surface area contributed by atoms with Gasteiger partial charge in [0.05, 0.1) is 11.1 Å². The summed E-state index contributed by atoms with van der Waals surface area (Å²) in [5.41, 5.74) is 5.54. The predicted octanol–water partition coefficient (Wildman–Crippen LogP) is 6.21. The van der Waals surface area contributed by atoms with Crippen molar-refractivity contribution in [3.63, 3.8) is 0 Å². The van der Waals surface area contributed by atoms with Gasteiger partial charge < -0.3 is 5.32 Å². The molecule has 0 atom stereocenters. The number of aromatic nitrogens is 2. The Bertz CT molecular complexity index is 1150. The molecule has 0 aliphatic heterocycles. The SMILES string of the molecule is CCc1cccc(CC)c1NC(=O)CSc1ncnc2scc(-c3ccccc3)c12. The van der Waals surface area contributed by atoms with Crippen molar-refractivity contribution in [2.75, 3.05) is 11.1 Å². The summed E-state index contributed by atoms with van der Waals surface area (Å²) >= 11 is 3.07. The van der Waals surface area contributed by atoms with E-state index in [2.05, 4.69) is 64.8 Å². The number of hydrogen-bond donors (Lipinski definition) is 1. The van der Waals surface area contributed by atoms with E-state index in [0.29, 0.717) is 5.75 Å². The number of carbonyl (C=O) groups is 1. The van der Waals surface area contributed by atoms with Gasteiger partial charge in [0.15, 0.2) is 0 Å². The van der Waals surface area contributed by atoms with Crippen molar-refractivity contribution in [1.29, 1.82) is 0 Å². The van der Waals surface area contributed by atoms with Crippen molar-refractivity contribution in [1.82, 2.24) is 9.97 Å². The lowest BCUT2D eigenvalue weighted by Gasteiger charge is -2.14. The second-order valence-electron chi connectivity index (χ2n) is 6.87. The van der Waals surface area contributed by atoms with E-state index >= 15 is 0 Å². The Hall–Kier alpha value is -2.70. The lowest BCUT2D eigenvalue weighted by atomic mass is 10.0. The van der Waals surface area contributed by atoms with Crippen molar-refractivity contribution in [3.8, 4) is 11.1 Å². The molecule has 30 heavy (non-hydrogen) atoms. The van der Waals surface area contributed by atoms with Gasteiger partial charge in [-0.15, -0.1) is 11.3 Å². The minimum atomic E-state index is -0.0150. The second-order valence-corrected chi connectivity index (χ2v) is 8.69. The molecule has 1 N–H and O–H groups in total. The Kier molecular flexibility index (Phi) is 6.45. The van der Waals surface area contributed by atoms with E-state index in [0.717, 1.165) is 44.9 Å². The summed E-state index contributed by atoms with van der Waals surface area (Å²) in [6, 6.07) is 16.4. The highest BCUT2D eigenvalue weighted by Crippen LogP contribution is 2.37. The molecule has 0 bridgehead atoms. The van der Waals surface area contributed by atoms with Crippen molar-refractivity contribution < 1.29 is 4.79 Å². The molecule has 0 radical (unpaired) electrons. The van der Waals surface area contributed by atoms with E-state index in [1.165, 1.54) is 22.9 Å². The van der Waals surface area contributed by atoms with Crippen LogP contribution >= 0.6 is 23.1 Å². The Balaban J connectivity index is 1.56. The highest BCUT2D eigenvalue weighted by atomic mass is 32.2. The van der Waals surface area contributed by atoms with Gasteiger partial charge in [0, 0.05) is 16.6 Å². The Morgan fingerprint density at radius 2 is 1.73 bits per heavy atom. The fraction of sp³-hybridized carbons (Fsp3) is 0.208. The topological polar surface area (TPSA) is 54.9 Å². The molecule has 1 amide bonds. The molecular weight excluding hydrogens is 410 g/mol. The van der Waals surface area contributed by atoms with Gasteiger partial charge in [0.1, 0.15) is 16.2 Å². The number of rotatable bonds is 7. The van der Waals surface area contributed by atoms with E-state index in [9.17, 15) is 4.79 Å². The number of anilines is 1. The van der Waals surface area contributed by atoms with Crippen molar-refractivity contribution in [3.05, 3.63) is 71.4 Å². The van der Waals surface area contributed by atoms with E-state index in [1.54, 1.807) is 17.7 Å². The normalized spacial score (nSPS) is 11.0. The Morgan fingerprint density at radius 3 is 2.43 bits per heavy atom. The van der Waals surface area contributed by atoms with Crippen molar-refractivity contribution in [2.24, 2.45) is 0 Å². The van der Waals surface area contributed by atoms with Gasteiger partial charge in [-0.2, -0.15) is 0 Å². The lowest BCUT2D eigenvalue weighted by molar-refractivity contribution is -0.113. The highest BCUT2D eigenvalue weighted by Gasteiger charge is 2.16. The fourth-order valence-corrected chi connectivity index (χ4v) is 5.29. The maximum Gasteiger partial charge on any atom is 0.234 e. The summed E-state index contributed by atoms with van der Waals surface area (Å²) in [7, 11) is 0. The van der Waals surface area contributed by atoms with Crippen LogP contribution in [0, 0.1) is 0 Å². The number of aryl methyl sites for hydroxylation is 2. The summed E-state index contributed by atoms with van der Waals surface area (Å²) in [4.78, 5) is 22.6. The van der Waals surface area contributed by atoms with E-state index < -0.39 is 0 Å². The second kappa shape index (κ2) is 9.41. The molecule has 6 heteroatoms. The predicted molar refractivity (Wildman–Crippen MR) is 127 cm³/mol.